The van der Waals surface area contributed by atoms with Crippen LogP contribution in [-0.4, -0.2) is 24.2 Å². The average molecular weight is 233 g/mol. The van der Waals surface area contributed by atoms with Crippen LogP contribution >= 0.6 is 0 Å². The minimum Gasteiger partial charge on any atom is -0.348 e. The van der Waals surface area contributed by atoms with Gasteiger partial charge in [-0.25, -0.2) is 4.98 Å². The topological polar surface area (TPSA) is 42.1 Å². The Labute approximate surface area is 92.1 Å². The second kappa shape index (κ2) is 4.69. The molecular formula is C10H14F3N3. The smallest absolute Gasteiger partial charge is 0.348 e. The van der Waals surface area contributed by atoms with E-state index in [-0.39, 0.29) is 5.82 Å². The molecule has 0 bridgehead atoms. The Hall–Kier alpha value is -1.30. The summed E-state index contributed by atoms with van der Waals surface area (Å²) in [5.74, 6) is 0.280. The van der Waals surface area contributed by atoms with Crippen LogP contribution in [0.25, 0.3) is 0 Å². The lowest BCUT2D eigenvalue weighted by atomic mass is 10.2. The molecule has 0 saturated carbocycles. The minimum absolute atomic E-state index is 0.280. The number of alkyl halides is 3. The molecule has 1 aromatic heterocycles. The zero-order valence-electron chi connectivity index (χ0n) is 9.12. The van der Waals surface area contributed by atoms with Crippen molar-refractivity contribution in [2.45, 2.75) is 25.7 Å². The Morgan fingerprint density at radius 3 is 2.44 bits per heavy atom. The van der Waals surface area contributed by atoms with Crippen molar-refractivity contribution in [2.24, 2.45) is 5.73 Å². The third kappa shape index (κ3) is 2.85. The lowest BCUT2D eigenvalue weighted by Gasteiger charge is -2.27. The van der Waals surface area contributed by atoms with E-state index in [0.717, 1.165) is 17.4 Å². The van der Waals surface area contributed by atoms with E-state index < -0.39 is 12.2 Å². The standard InChI is InChI=1S/C10H14F3N3/c1-7(10(11,12)13)16(2)9-4-3-8(5-14)6-15-9/h3-4,6-7H,5,14H2,1-2H3. The quantitative estimate of drug-likeness (QED) is 0.867. The van der Waals surface area contributed by atoms with Crippen LogP contribution in [0.1, 0.15) is 12.5 Å². The van der Waals surface area contributed by atoms with Gasteiger partial charge in [-0.1, -0.05) is 6.07 Å². The first kappa shape index (κ1) is 12.8. The summed E-state index contributed by atoms with van der Waals surface area (Å²) in [7, 11) is 1.36. The third-order valence-corrected chi connectivity index (χ3v) is 2.46. The number of pyridine rings is 1. The van der Waals surface area contributed by atoms with Crippen LogP contribution in [0.5, 0.6) is 0 Å². The maximum absolute atomic E-state index is 12.4. The molecule has 16 heavy (non-hydrogen) atoms. The predicted molar refractivity (Wildman–Crippen MR) is 56.0 cm³/mol. The van der Waals surface area contributed by atoms with Crippen LogP contribution in [0.4, 0.5) is 19.0 Å². The van der Waals surface area contributed by atoms with Crippen molar-refractivity contribution in [1.29, 1.82) is 0 Å². The molecule has 0 aliphatic carbocycles. The second-order valence-corrected chi connectivity index (χ2v) is 3.56. The molecule has 0 aromatic carbocycles. The molecule has 2 N–H and O–H groups in total. The third-order valence-electron chi connectivity index (χ3n) is 2.46. The highest BCUT2D eigenvalue weighted by molar-refractivity contribution is 5.39. The molecule has 0 spiro atoms. The van der Waals surface area contributed by atoms with Gasteiger partial charge in [0.25, 0.3) is 0 Å². The van der Waals surface area contributed by atoms with Crippen molar-refractivity contribution < 1.29 is 13.2 Å². The maximum atomic E-state index is 12.4. The van der Waals surface area contributed by atoms with Crippen molar-refractivity contribution in [3.63, 3.8) is 0 Å². The first-order valence-corrected chi connectivity index (χ1v) is 4.80. The van der Waals surface area contributed by atoms with Crippen molar-refractivity contribution in [3.05, 3.63) is 23.9 Å². The van der Waals surface area contributed by atoms with E-state index in [0.29, 0.717) is 6.54 Å². The Balaban J connectivity index is 2.84. The van der Waals surface area contributed by atoms with Gasteiger partial charge in [0.15, 0.2) is 0 Å². The van der Waals surface area contributed by atoms with Gasteiger partial charge in [-0.15, -0.1) is 0 Å². The summed E-state index contributed by atoms with van der Waals surface area (Å²) in [6.07, 6.45) is -2.78. The molecule has 0 aliphatic rings. The van der Waals surface area contributed by atoms with E-state index in [1.807, 2.05) is 0 Å². The van der Waals surface area contributed by atoms with Crippen molar-refractivity contribution >= 4 is 5.82 Å². The zero-order valence-corrected chi connectivity index (χ0v) is 9.12. The molecule has 1 atom stereocenters. The van der Waals surface area contributed by atoms with Crippen LogP contribution in [0.3, 0.4) is 0 Å². The molecule has 3 nitrogen and oxygen atoms in total. The number of nitrogens with zero attached hydrogens (tertiary/aromatic N) is 2. The van der Waals surface area contributed by atoms with Gasteiger partial charge in [-0.2, -0.15) is 13.2 Å². The Kier molecular flexibility index (Phi) is 3.74. The average Bonchev–Trinajstić information content (AvgIpc) is 2.26. The molecular weight excluding hydrogens is 219 g/mol. The second-order valence-electron chi connectivity index (χ2n) is 3.56. The largest absolute Gasteiger partial charge is 0.408 e. The lowest BCUT2D eigenvalue weighted by molar-refractivity contribution is -0.144. The molecule has 0 amide bonds. The Morgan fingerprint density at radius 1 is 1.44 bits per heavy atom. The monoisotopic (exact) mass is 233 g/mol. The summed E-state index contributed by atoms with van der Waals surface area (Å²) in [4.78, 5) is 5.01. The minimum atomic E-state index is -4.26. The van der Waals surface area contributed by atoms with Gasteiger partial charge < -0.3 is 10.6 Å². The number of halogens is 3. The number of hydrogen-bond acceptors (Lipinski definition) is 3. The molecule has 1 aromatic rings. The van der Waals surface area contributed by atoms with Gasteiger partial charge in [0.1, 0.15) is 11.9 Å². The summed E-state index contributed by atoms with van der Waals surface area (Å²) >= 11 is 0. The number of nitrogens with two attached hydrogens (primary N) is 1. The van der Waals surface area contributed by atoms with E-state index in [4.69, 9.17) is 5.73 Å². The molecule has 0 saturated heterocycles. The van der Waals surface area contributed by atoms with Crippen molar-refractivity contribution in [3.8, 4) is 0 Å². The number of hydrogen-bond donors (Lipinski definition) is 1. The van der Waals surface area contributed by atoms with Gasteiger partial charge >= 0.3 is 6.18 Å². The maximum Gasteiger partial charge on any atom is 0.408 e. The van der Waals surface area contributed by atoms with Gasteiger partial charge in [-0.05, 0) is 18.6 Å². The number of rotatable bonds is 3. The molecule has 0 aliphatic heterocycles. The van der Waals surface area contributed by atoms with Gasteiger partial charge in [0.05, 0.1) is 0 Å². The number of anilines is 1. The molecule has 1 rings (SSSR count). The van der Waals surface area contributed by atoms with Crippen LogP contribution in [0, 0.1) is 0 Å². The zero-order chi connectivity index (χ0) is 12.3. The predicted octanol–water partition coefficient (Wildman–Crippen LogP) is 1.93. The first-order chi connectivity index (χ1) is 7.36. The lowest BCUT2D eigenvalue weighted by Crippen LogP contribution is -2.41. The molecule has 90 valence electrons. The summed E-state index contributed by atoms with van der Waals surface area (Å²) in [5.41, 5.74) is 6.16. The summed E-state index contributed by atoms with van der Waals surface area (Å²) in [6, 6.07) is 1.63. The highest BCUT2D eigenvalue weighted by Crippen LogP contribution is 2.26. The van der Waals surface area contributed by atoms with E-state index in [1.54, 1.807) is 6.07 Å². The molecule has 1 heterocycles. The van der Waals surface area contributed by atoms with Crippen LogP contribution < -0.4 is 10.6 Å². The first-order valence-electron chi connectivity index (χ1n) is 4.80. The summed E-state index contributed by atoms with van der Waals surface area (Å²) in [6.45, 7) is 1.42. The van der Waals surface area contributed by atoms with Crippen LogP contribution in [-0.2, 0) is 6.54 Å². The van der Waals surface area contributed by atoms with E-state index in [1.165, 1.54) is 19.3 Å². The highest BCUT2D eigenvalue weighted by atomic mass is 19.4. The molecule has 0 fully saturated rings. The van der Waals surface area contributed by atoms with Gasteiger partial charge in [0, 0.05) is 19.8 Å². The fraction of sp³-hybridized carbons (Fsp3) is 0.500. The Bertz CT molecular complexity index is 334. The summed E-state index contributed by atoms with van der Waals surface area (Å²) in [5, 5.41) is 0. The molecule has 0 radical (unpaired) electrons. The fourth-order valence-corrected chi connectivity index (χ4v) is 1.16. The van der Waals surface area contributed by atoms with Crippen LogP contribution in [0.15, 0.2) is 18.3 Å². The Morgan fingerprint density at radius 2 is 2.06 bits per heavy atom. The van der Waals surface area contributed by atoms with Gasteiger partial charge in [0.2, 0.25) is 0 Å². The normalized spacial score (nSPS) is 13.6. The van der Waals surface area contributed by atoms with Crippen molar-refractivity contribution in [2.75, 3.05) is 11.9 Å². The highest BCUT2D eigenvalue weighted by Gasteiger charge is 2.39. The van der Waals surface area contributed by atoms with E-state index in [9.17, 15) is 13.2 Å². The molecule has 1 unspecified atom stereocenters. The van der Waals surface area contributed by atoms with Crippen LogP contribution in [0.2, 0.25) is 0 Å². The fourth-order valence-electron chi connectivity index (χ4n) is 1.16. The molecule has 6 heteroatoms. The van der Waals surface area contributed by atoms with Gasteiger partial charge in [-0.3, -0.25) is 0 Å². The van der Waals surface area contributed by atoms with Crippen molar-refractivity contribution in [1.82, 2.24) is 4.98 Å². The van der Waals surface area contributed by atoms with E-state index in [2.05, 4.69) is 4.98 Å². The summed E-state index contributed by atoms with van der Waals surface area (Å²) < 4.78 is 37.3. The SMILES string of the molecule is CC(N(C)c1ccc(CN)cn1)C(F)(F)F. The van der Waals surface area contributed by atoms with E-state index >= 15 is 0 Å². The number of aromatic nitrogens is 1.